The van der Waals surface area contributed by atoms with E-state index in [0.29, 0.717) is 5.82 Å². The Morgan fingerprint density at radius 1 is 0.283 bits per heavy atom. The van der Waals surface area contributed by atoms with Crippen LogP contribution < -0.4 is 0 Å². The van der Waals surface area contributed by atoms with Crippen LogP contribution in [0.3, 0.4) is 0 Å². The van der Waals surface area contributed by atoms with Crippen LogP contribution in [0.1, 0.15) is 0 Å². The van der Waals surface area contributed by atoms with Crippen molar-refractivity contribution in [2.45, 2.75) is 0 Å². The first-order chi connectivity index (χ1) is 29.7. The Hall–Kier alpha value is -8.08. The zero-order valence-electron chi connectivity index (χ0n) is 32.4. The standard InChI is InChI=1S/C56H34N4/c1-2-12-43-35(11-1)21-22-36-23-24-39(32-48(36)43)55-47-16-3-7-17-50(47)57-56(58-55)37-25-28-41(29-26-37)59-53-20-10-6-15-46(53)49-33-40-31-42(30-27-38(40)34-54(49)59)60-51-18-8-4-13-44(51)45-14-5-9-19-52(45)60/h1-34H. The lowest BCUT2D eigenvalue weighted by Gasteiger charge is -2.13. The van der Waals surface area contributed by atoms with Crippen LogP contribution in [-0.2, 0) is 0 Å². The number of aromatic nitrogens is 4. The van der Waals surface area contributed by atoms with Crippen LogP contribution in [0.4, 0.5) is 0 Å². The van der Waals surface area contributed by atoms with Gasteiger partial charge >= 0.3 is 0 Å². The van der Waals surface area contributed by atoms with E-state index in [2.05, 4.69) is 215 Å². The fraction of sp³-hybridized carbons (Fsp3) is 0. The highest BCUT2D eigenvalue weighted by molar-refractivity contribution is 6.15. The highest BCUT2D eigenvalue weighted by atomic mass is 15.0. The SMILES string of the molecule is c1ccc2c(c1)ccc1ccc(-c3nc(-c4ccc(-n5c6ccccc6c6cc7cc(-n8c9ccccc9c9ccccc98)ccc7cc65)cc4)nc4ccccc34)cc12. The van der Waals surface area contributed by atoms with Gasteiger partial charge in [-0.25, -0.2) is 9.97 Å². The number of rotatable bonds is 4. The van der Waals surface area contributed by atoms with Crippen LogP contribution in [0.25, 0.3) is 121 Å². The smallest absolute Gasteiger partial charge is 0.160 e. The molecule has 0 amide bonds. The number of nitrogens with zero attached hydrogens (tertiary/aromatic N) is 4. The predicted molar refractivity (Wildman–Crippen MR) is 252 cm³/mol. The zero-order chi connectivity index (χ0) is 39.3. The normalized spacial score (nSPS) is 12.0. The summed E-state index contributed by atoms with van der Waals surface area (Å²) in [6.45, 7) is 0. The average molecular weight is 763 g/mol. The van der Waals surface area contributed by atoms with Gasteiger partial charge in [0.1, 0.15) is 0 Å². The molecule has 0 bridgehead atoms. The number of hydrogen-bond donors (Lipinski definition) is 0. The van der Waals surface area contributed by atoms with Gasteiger partial charge in [0, 0.05) is 49.4 Å². The van der Waals surface area contributed by atoms with E-state index in [1.54, 1.807) is 0 Å². The maximum atomic E-state index is 5.29. The molecule has 0 saturated heterocycles. The van der Waals surface area contributed by atoms with E-state index in [0.717, 1.165) is 39.1 Å². The molecule has 0 N–H and O–H groups in total. The first kappa shape index (κ1) is 32.9. The maximum Gasteiger partial charge on any atom is 0.160 e. The molecule has 0 saturated carbocycles. The molecule has 3 heterocycles. The van der Waals surface area contributed by atoms with Crippen molar-refractivity contribution in [2.24, 2.45) is 0 Å². The molecule has 10 aromatic carbocycles. The Balaban J connectivity index is 0.933. The van der Waals surface area contributed by atoms with Crippen molar-refractivity contribution >= 4 is 86.8 Å². The van der Waals surface area contributed by atoms with Gasteiger partial charge in [0.05, 0.1) is 33.3 Å². The minimum absolute atomic E-state index is 0.709. The summed E-state index contributed by atoms with van der Waals surface area (Å²) in [5.41, 5.74) is 10.9. The van der Waals surface area contributed by atoms with Crippen molar-refractivity contribution in [1.29, 1.82) is 0 Å². The summed E-state index contributed by atoms with van der Waals surface area (Å²) in [5, 5.41) is 13.4. The molecule has 0 aliphatic rings. The fourth-order valence-electron chi connectivity index (χ4n) is 9.65. The molecule has 0 aliphatic carbocycles. The molecule has 0 atom stereocenters. The molecule has 0 spiro atoms. The Morgan fingerprint density at radius 2 is 0.817 bits per heavy atom. The average Bonchev–Trinajstić information content (AvgIpc) is 3.82. The first-order valence-corrected chi connectivity index (χ1v) is 20.5. The van der Waals surface area contributed by atoms with Crippen LogP contribution in [0.2, 0.25) is 0 Å². The lowest BCUT2D eigenvalue weighted by atomic mass is 9.97. The van der Waals surface area contributed by atoms with Crippen molar-refractivity contribution in [3.8, 4) is 34.0 Å². The number of fused-ring (bicyclic) bond motifs is 11. The maximum absolute atomic E-state index is 5.29. The second kappa shape index (κ2) is 12.7. The van der Waals surface area contributed by atoms with Gasteiger partial charge in [0.25, 0.3) is 0 Å². The summed E-state index contributed by atoms with van der Waals surface area (Å²) < 4.78 is 4.78. The molecule has 3 aromatic heterocycles. The van der Waals surface area contributed by atoms with Crippen LogP contribution in [0.5, 0.6) is 0 Å². The molecule has 0 radical (unpaired) electrons. The molecule has 278 valence electrons. The first-order valence-electron chi connectivity index (χ1n) is 20.5. The Morgan fingerprint density at radius 3 is 1.55 bits per heavy atom. The molecular formula is C56H34N4. The third kappa shape index (κ3) is 4.91. The van der Waals surface area contributed by atoms with Crippen LogP contribution in [-0.4, -0.2) is 19.1 Å². The number of benzene rings is 10. The molecule has 4 nitrogen and oxygen atoms in total. The van der Waals surface area contributed by atoms with Crippen LogP contribution >= 0.6 is 0 Å². The molecule has 13 aromatic rings. The van der Waals surface area contributed by atoms with Crippen molar-refractivity contribution in [1.82, 2.24) is 19.1 Å². The number of hydrogen-bond acceptors (Lipinski definition) is 2. The van der Waals surface area contributed by atoms with Crippen molar-refractivity contribution in [2.75, 3.05) is 0 Å². The van der Waals surface area contributed by atoms with Gasteiger partial charge in [-0.05, 0) is 111 Å². The summed E-state index contributed by atoms with van der Waals surface area (Å²) >= 11 is 0. The van der Waals surface area contributed by atoms with Gasteiger partial charge < -0.3 is 9.13 Å². The zero-order valence-corrected chi connectivity index (χ0v) is 32.4. The quantitative estimate of drug-likeness (QED) is 0.167. The second-order valence-electron chi connectivity index (χ2n) is 15.8. The van der Waals surface area contributed by atoms with Crippen molar-refractivity contribution in [3.05, 3.63) is 206 Å². The Kier molecular flexibility index (Phi) is 6.98. The van der Waals surface area contributed by atoms with E-state index in [9.17, 15) is 0 Å². The molecule has 0 aliphatic heterocycles. The summed E-state index contributed by atoms with van der Waals surface area (Å²) in [7, 11) is 0. The second-order valence-corrected chi connectivity index (χ2v) is 15.8. The topological polar surface area (TPSA) is 35.6 Å². The summed E-state index contributed by atoms with van der Waals surface area (Å²) in [6.07, 6.45) is 0. The monoisotopic (exact) mass is 762 g/mol. The molecule has 4 heteroatoms. The Labute approximate surface area is 344 Å². The molecule has 0 unspecified atom stereocenters. The fourth-order valence-corrected chi connectivity index (χ4v) is 9.65. The van der Waals surface area contributed by atoms with Crippen molar-refractivity contribution in [3.63, 3.8) is 0 Å². The van der Waals surface area contributed by atoms with Gasteiger partial charge in [0.15, 0.2) is 5.82 Å². The van der Waals surface area contributed by atoms with E-state index in [1.165, 1.54) is 75.9 Å². The minimum atomic E-state index is 0.709. The largest absolute Gasteiger partial charge is 0.309 e. The van der Waals surface area contributed by atoms with Gasteiger partial charge in [0.2, 0.25) is 0 Å². The van der Waals surface area contributed by atoms with E-state index in [-0.39, 0.29) is 0 Å². The van der Waals surface area contributed by atoms with Crippen LogP contribution in [0.15, 0.2) is 206 Å². The summed E-state index contributed by atoms with van der Waals surface area (Å²) in [6, 6.07) is 74.5. The molecule has 13 rings (SSSR count). The van der Waals surface area contributed by atoms with Gasteiger partial charge in [-0.3, -0.25) is 0 Å². The number of para-hydroxylation sites is 4. The van der Waals surface area contributed by atoms with E-state index < -0.39 is 0 Å². The summed E-state index contributed by atoms with van der Waals surface area (Å²) in [4.78, 5) is 10.4. The van der Waals surface area contributed by atoms with E-state index >= 15 is 0 Å². The lowest BCUT2D eigenvalue weighted by Crippen LogP contribution is -1.97. The van der Waals surface area contributed by atoms with Gasteiger partial charge in [-0.1, -0.05) is 127 Å². The third-order valence-electron chi connectivity index (χ3n) is 12.5. The molecule has 60 heavy (non-hydrogen) atoms. The predicted octanol–water partition coefficient (Wildman–Crippen LogP) is 14.6. The molecular weight excluding hydrogens is 729 g/mol. The highest BCUT2D eigenvalue weighted by Crippen LogP contribution is 2.39. The van der Waals surface area contributed by atoms with E-state index in [1.807, 2.05) is 0 Å². The van der Waals surface area contributed by atoms with Crippen LogP contribution in [0, 0.1) is 0 Å². The lowest BCUT2D eigenvalue weighted by molar-refractivity contribution is 1.17. The minimum Gasteiger partial charge on any atom is -0.309 e. The van der Waals surface area contributed by atoms with E-state index in [4.69, 9.17) is 9.97 Å². The Bertz CT molecular complexity index is 3840. The van der Waals surface area contributed by atoms with Crippen molar-refractivity contribution < 1.29 is 0 Å². The molecule has 0 fully saturated rings. The van der Waals surface area contributed by atoms with Gasteiger partial charge in [-0.15, -0.1) is 0 Å². The highest BCUT2D eigenvalue weighted by Gasteiger charge is 2.17. The van der Waals surface area contributed by atoms with Gasteiger partial charge in [-0.2, -0.15) is 0 Å². The third-order valence-corrected chi connectivity index (χ3v) is 12.5. The summed E-state index contributed by atoms with van der Waals surface area (Å²) in [5.74, 6) is 0.709.